The lowest BCUT2D eigenvalue weighted by atomic mass is 10.0. The van der Waals surface area contributed by atoms with E-state index in [9.17, 15) is 9.90 Å². The van der Waals surface area contributed by atoms with Gasteiger partial charge in [-0.1, -0.05) is 6.92 Å². The highest BCUT2D eigenvalue weighted by atomic mass is 16.5. The lowest BCUT2D eigenvalue weighted by Gasteiger charge is -2.30. The number of carboxylic acids is 1. The molecule has 1 N–H and O–H groups in total. The monoisotopic (exact) mass is 293 g/mol. The van der Waals surface area contributed by atoms with Crippen LogP contribution in [0.15, 0.2) is 18.2 Å². The summed E-state index contributed by atoms with van der Waals surface area (Å²) in [7, 11) is 3.24. The highest BCUT2D eigenvalue weighted by Crippen LogP contribution is 2.37. The Morgan fingerprint density at radius 2 is 2.10 bits per heavy atom. The fraction of sp³-hybridized carbons (Fsp3) is 0.562. The quantitative estimate of drug-likeness (QED) is 0.904. The minimum absolute atomic E-state index is 0.0406. The van der Waals surface area contributed by atoms with Crippen molar-refractivity contribution in [2.24, 2.45) is 5.92 Å². The summed E-state index contributed by atoms with van der Waals surface area (Å²) in [6.45, 7) is 4.79. The molecule has 0 radical (unpaired) electrons. The average Bonchev–Trinajstić information content (AvgIpc) is 2.87. The van der Waals surface area contributed by atoms with Crippen LogP contribution in [0.25, 0.3) is 0 Å². The fourth-order valence-corrected chi connectivity index (χ4v) is 3.14. The van der Waals surface area contributed by atoms with Crippen molar-refractivity contribution in [1.29, 1.82) is 0 Å². The first-order chi connectivity index (χ1) is 9.99. The Bertz CT molecular complexity index is 517. The van der Waals surface area contributed by atoms with Crippen LogP contribution in [0, 0.1) is 5.92 Å². The van der Waals surface area contributed by atoms with Gasteiger partial charge in [-0.15, -0.1) is 0 Å². The van der Waals surface area contributed by atoms with Gasteiger partial charge in [0, 0.05) is 11.6 Å². The highest BCUT2D eigenvalue weighted by molar-refractivity contribution is 5.74. The van der Waals surface area contributed by atoms with Crippen molar-refractivity contribution >= 4 is 5.97 Å². The number of rotatable bonds is 5. The summed E-state index contributed by atoms with van der Waals surface area (Å²) in [6, 6.07) is 5.14. The first-order valence-corrected chi connectivity index (χ1v) is 7.20. The Morgan fingerprint density at radius 1 is 1.38 bits per heavy atom. The molecule has 1 saturated heterocycles. The van der Waals surface area contributed by atoms with Crippen LogP contribution in [0.1, 0.15) is 31.9 Å². The Labute approximate surface area is 125 Å². The van der Waals surface area contributed by atoms with Gasteiger partial charge in [0.2, 0.25) is 0 Å². The lowest BCUT2D eigenvalue weighted by molar-refractivity contribution is -0.144. The van der Waals surface area contributed by atoms with Crippen LogP contribution in [-0.4, -0.2) is 42.8 Å². The second-order valence-electron chi connectivity index (χ2n) is 5.57. The molecule has 1 heterocycles. The maximum atomic E-state index is 11.5. The van der Waals surface area contributed by atoms with E-state index in [1.165, 1.54) is 0 Å². The van der Waals surface area contributed by atoms with E-state index in [0.717, 1.165) is 30.0 Å². The van der Waals surface area contributed by atoms with E-state index in [4.69, 9.17) is 9.47 Å². The zero-order chi connectivity index (χ0) is 15.6. The van der Waals surface area contributed by atoms with E-state index in [2.05, 4.69) is 0 Å². The van der Waals surface area contributed by atoms with Crippen LogP contribution in [0.4, 0.5) is 0 Å². The summed E-state index contributed by atoms with van der Waals surface area (Å²) in [5, 5.41) is 9.48. The van der Waals surface area contributed by atoms with Crippen molar-refractivity contribution < 1.29 is 19.4 Å². The molecular formula is C16H23NO4. The second kappa shape index (κ2) is 6.35. The molecule has 2 rings (SSSR count). The van der Waals surface area contributed by atoms with Gasteiger partial charge in [0.15, 0.2) is 0 Å². The fourth-order valence-electron chi connectivity index (χ4n) is 3.14. The first-order valence-electron chi connectivity index (χ1n) is 7.20. The molecule has 1 aromatic rings. The SMILES string of the molecule is COc1ccc(OC)c(C(C)N2CCC(C)C2C(=O)O)c1. The van der Waals surface area contributed by atoms with Crippen LogP contribution < -0.4 is 9.47 Å². The largest absolute Gasteiger partial charge is 0.497 e. The Balaban J connectivity index is 2.34. The van der Waals surface area contributed by atoms with Gasteiger partial charge in [-0.05, 0) is 44.0 Å². The van der Waals surface area contributed by atoms with Gasteiger partial charge in [0.25, 0.3) is 0 Å². The molecule has 1 aromatic carbocycles. The number of methoxy groups -OCH3 is 2. The molecule has 1 fully saturated rings. The minimum Gasteiger partial charge on any atom is -0.497 e. The Hall–Kier alpha value is -1.75. The third-order valence-corrected chi connectivity index (χ3v) is 4.38. The Morgan fingerprint density at radius 3 is 2.67 bits per heavy atom. The van der Waals surface area contributed by atoms with Crippen molar-refractivity contribution in [2.75, 3.05) is 20.8 Å². The normalized spacial score (nSPS) is 23.8. The molecule has 0 amide bonds. The van der Waals surface area contributed by atoms with Crippen molar-refractivity contribution in [1.82, 2.24) is 4.90 Å². The van der Waals surface area contributed by atoms with Crippen molar-refractivity contribution in [2.45, 2.75) is 32.4 Å². The van der Waals surface area contributed by atoms with Gasteiger partial charge in [-0.2, -0.15) is 0 Å². The number of hydrogen-bond acceptors (Lipinski definition) is 4. The summed E-state index contributed by atoms with van der Waals surface area (Å²) < 4.78 is 10.7. The molecule has 3 atom stereocenters. The molecule has 1 aliphatic heterocycles. The third kappa shape index (κ3) is 2.97. The Kier molecular flexibility index (Phi) is 4.73. The summed E-state index contributed by atoms with van der Waals surface area (Å²) in [5.41, 5.74) is 0.956. The molecular weight excluding hydrogens is 270 g/mol. The molecule has 1 aliphatic rings. The first kappa shape index (κ1) is 15.6. The summed E-state index contributed by atoms with van der Waals surface area (Å²) in [4.78, 5) is 13.6. The van der Waals surface area contributed by atoms with Crippen LogP contribution in [0.5, 0.6) is 11.5 Å². The maximum Gasteiger partial charge on any atom is 0.321 e. The number of carbonyl (C=O) groups is 1. The number of carboxylic acid groups (broad SMARTS) is 1. The van der Waals surface area contributed by atoms with E-state index in [-0.39, 0.29) is 12.0 Å². The predicted octanol–water partition coefficient (Wildman–Crippen LogP) is 2.56. The van der Waals surface area contributed by atoms with Crippen LogP contribution >= 0.6 is 0 Å². The lowest BCUT2D eigenvalue weighted by Crippen LogP contribution is -2.40. The van der Waals surface area contributed by atoms with Gasteiger partial charge >= 0.3 is 5.97 Å². The number of likely N-dealkylation sites (tertiary alicyclic amines) is 1. The van der Waals surface area contributed by atoms with Crippen molar-refractivity contribution in [3.8, 4) is 11.5 Å². The molecule has 0 bridgehead atoms. The van der Waals surface area contributed by atoms with Crippen molar-refractivity contribution in [3.63, 3.8) is 0 Å². The summed E-state index contributed by atoms with van der Waals surface area (Å²) in [5.74, 6) is 0.902. The maximum absolute atomic E-state index is 11.5. The topological polar surface area (TPSA) is 59.0 Å². The predicted molar refractivity (Wildman–Crippen MR) is 79.9 cm³/mol. The minimum atomic E-state index is -0.756. The van der Waals surface area contributed by atoms with Crippen molar-refractivity contribution in [3.05, 3.63) is 23.8 Å². The van der Waals surface area contributed by atoms with E-state index >= 15 is 0 Å². The highest BCUT2D eigenvalue weighted by Gasteiger charge is 2.40. The molecule has 0 saturated carbocycles. The van der Waals surface area contributed by atoms with Gasteiger partial charge in [-0.25, -0.2) is 0 Å². The van der Waals surface area contributed by atoms with E-state index < -0.39 is 12.0 Å². The van der Waals surface area contributed by atoms with E-state index in [1.54, 1.807) is 14.2 Å². The number of benzene rings is 1. The van der Waals surface area contributed by atoms with Gasteiger partial charge in [-0.3, -0.25) is 9.69 Å². The second-order valence-corrected chi connectivity index (χ2v) is 5.57. The summed E-state index contributed by atoms with van der Waals surface area (Å²) >= 11 is 0. The number of hydrogen-bond donors (Lipinski definition) is 1. The van der Waals surface area contributed by atoms with Gasteiger partial charge in [0.05, 0.1) is 14.2 Å². The molecule has 0 aliphatic carbocycles. The van der Waals surface area contributed by atoms with Crippen LogP contribution in [0.3, 0.4) is 0 Å². The molecule has 0 spiro atoms. The van der Waals surface area contributed by atoms with E-state index in [1.807, 2.05) is 36.9 Å². The van der Waals surface area contributed by atoms with Gasteiger partial charge in [0.1, 0.15) is 17.5 Å². The zero-order valence-corrected chi connectivity index (χ0v) is 13.0. The van der Waals surface area contributed by atoms with Crippen LogP contribution in [-0.2, 0) is 4.79 Å². The number of aliphatic carboxylic acids is 1. The third-order valence-electron chi connectivity index (χ3n) is 4.38. The average molecular weight is 293 g/mol. The molecule has 5 heteroatoms. The number of nitrogens with zero attached hydrogens (tertiary/aromatic N) is 1. The van der Waals surface area contributed by atoms with Gasteiger partial charge < -0.3 is 14.6 Å². The molecule has 0 aromatic heterocycles. The molecule has 5 nitrogen and oxygen atoms in total. The smallest absolute Gasteiger partial charge is 0.321 e. The van der Waals surface area contributed by atoms with E-state index in [0.29, 0.717) is 0 Å². The zero-order valence-electron chi connectivity index (χ0n) is 13.0. The summed E-state index contributed by atoms with van der Waals surface area (Å²) in [6.07, 6.45) is 0.896. The standard InChI is InChI=1S/C16H23NO4/c1-10-7-8-17(15(10)16(18)19)11(2)13-9-12(20-3)5-6-14(13)21-4/h5-6,9-11,15H,7-8H2,1-4H3,(H,18,19). The molecule has 3 unspecified atom stereocenters. The number of ether oxygens (including phenoxy) is 2. The molecule has 116 valence electrons. The van der Waals surface area contributed by atoms with Crippen LogP contribution in [0.2, 0.25) is 0 Å². The molecule has 21 heavy (non-hydrogen) atoms.